The number of aromatic nitrogens is 3. The molecule has 7 heteroatoms. The maximum absolute atomic E-state index is 12.8. The van der Waals surface area contributed by atoms with Gasteiger partial charge in [0.05, 0.1) is 6.54 Å². The number of anilines is 1. The summed E-state index contributed by atoms with van der Waals surface area (Å²) in [7, 11) is 3.81. The van der Waals surface area contributed by atoms with Crippen molar-refractivity contribution >= 4 is 11.9 Å². The lowest BCUT2D eigenvalue weighted by atomic mass is 10.2. The van der Waals surface area contributed by atoms with Crippen molar-refractivity contribution in [2.75, 3.05) is 19.0 Å². The van der Waals surface area contributed by atoms with E-state index in [9.17, 15) is 4.79 Å². The summed E-state index contributed by atoms with van der Waals surface area (Å²) in [5.41, 5.74) is 2.50. The Morgan fingerprint density at radius 1 is 1.25 bits per heavy atom. The molecule has 7 nitrogen and oxygen atoms in total. The molecule has 1 aliphatic rings. The quantitative estimate of drug-likeness (QED) is 0.682. The van der Waals surface area contributed by atoms with Crippen LogP contribution in [-0.4, -0.2) is 34.5 Å². The van der Waals surface area contributed by atoms with E-state index in [1.165, 1.54) is 12.8 Å². The van der Waals surface area contributed by atoms with E-state index in [-0.39, 0.29) is 5.91 Å². The molecule has 1 fully saturated rings. The fraction of sp³-hybridized carbons (Fsp3) is 0.381. The minimum absolute atomic E-state index is 0.105. The third-order valence-electron chi connectivity index (χ3n) is 4.87. The van der Waals surface area contributed by atoms with Crippen molar-refractivity contribution in [3.8, 4) is 11.1 Å². The summed E-state index contributed by atoms with van der Waals surface area (Å²) in [6.07, 6.45) is 8.07. The molecule has 0 aromatic carbocycles. The van der Waals surface area contributed by atoms with Crippen LogP contribution in [0.15, 0.2) is 41.2 Å². The van der Waals surface area contributed by atoms with E-state index in [2.05, 4.69) is 19.9 Å². The lowest BCUT2D eigenvalue weighted by Gasteiger charge is -2.09. The van der Waals surface area contributed by atoms with E-state index in [1.54, 1.807) is 12.4 Å². The van der Waals surface area contributed by atoms with E-state index in [1.807, 2.05) is 50.3 Å². The number of rotatable bonds is 7. The Morgan fingerprint density at radius 3 is 2.61 bits per heavy atom. The first-order chi connectivity index (χ1) is 13.5. The fourth-order valence-corrected chi connectivity index (χ4v) is 3.13. The number of nitrogens with one attached hydrogen (secondary N) is 1. The molecule has 3 heterocycles. The molecule has 0 aliphatic heterocycles. The molecule has 3 aromatic heterocycles. The highest BCUT2D eigenvalue weighted by Gasteiger charge is 2.24. The highest BCUT2D eigenvalue weighted by molar-refractivity contribution is 5.94. The Hall–Kier alpha value is -3.09. The molecule has 0 bridgehead atoms. The first-order valence-corrected chi connectivity index (χ1v) is 9.53. The second kappa shape index (κ2) is 7.50. The van der Waals surface area contributed by atoms with Crippen LogP contribution in [0.3, 0.4) is 0 Å². The van der Waals surface area contributed by atoms with Gasteiger partial charge < -0.3 is 19.2 Å². The molecule has 28 heavy (non-hydrogen) atoms. The van der Waals surface area contributed by atoms with Gasteiger partial charge in [0.25, 0.3) is 5.91 Å². The third-order valence-corrected chi connectivity index (χ3v) is 4.87. The molecule has 0 radical (unpaired) electrons. The molecule has 1 aliphatic carbocycles. The zero-order chi connectivity index (χ0) is 19.7. The maximum atomic E-state index is 12.8. The van der Waals surface area contributed by atoms with Gasteiger partial charge in [0.1, 0.15) is 17.2 Å². The van der Waals surface area contributed by atoms with Crippen LogP contribution in [0.25, 0.3) is 11.1 Å². The van der Waals surface area contributed by atoms with Crippen LogP contribution >= 0.6 is 0 Å². The summed E-state index contributed by atoms with van der Waals surface area (Å²) < 4.78 is 7.59. The molecule has 4 rings (SSSR count). The van der Waals surface area contributed by atoms with Crippen molar-refractivity contribution in [2.24, 2.45) is 5.92 Å². The van der Waals surface area contributed by atoms with Crippen LogP contribution in [0.5, 0.6) is 0 Å². The molecule has 0 unspecified atom stereocenters. The van der Waals surface area contributed by atoms with Crippen LogP contribution < -0.4 is 10.2 Å². The van der Waals surface area contributed by atoms with Gasteiger partial charge in [-0.15, -0.1) is 0 Å². The van der Waals surface area contributed by atoms with E-state index in [0.717, 1.165) is 29.2 Å². The number of carbonyl (C=O) groups excluding carboxylic acids is 1. The Labute approximate surface area is 164 Å². The minimum Gasteiger partial charge on any atom is -0.465 e. The zero-order valence-corrected chi connectivity index (χ0v) is 16.5. The van der Waals surface area contributed by atoms with Gasteiger partial charge in [-0.2, -0.15) is 0 Å². The number of amides is 1. The molecule has 1 N–H and O–H groups in total. The normalized spacial score (nSPS) is 13.5. The number of aryl methyl sites for hydroxylation is 1. The molecule has 1 amide bonds. The van der Waals surface area contributed by atoms with E-state index < -0.39 is 0 Å². The summed E-state index contributed by atoms with van der Waals surface area (Å²) >= 11 is 0. The maximum Gasteiger partial charge on any atom is 0.268 e. The molecule has 3 aromatic rings. The van der Waals surface area contributed by atoms with Crippen molar-refractivity contribution in [3.63, 3.8) is 0 Å². The first-order valence-electron chi connectivity index (χ1n) is 9.53. The van der Waals surface area contributed by atoms with Crippen molar-refractivity contribution in [1.82, 2.24) is 19.9 Å². The smallest absolute Gasteiger partial charge is 0.268 e. The lowest BCUT2D eigenvalue weighted by molar-refractivity contribution is 0.0938. The Morgan fingerprint density at radius 2 is 2.00 bits per heavy atom. The molecule has 0 saturated heterocycles. The summed E-state index contributed by atoms with van der Waals surface area (Å²) in [5, 5.41) is 2.96. The van der Waals surface area contributed by atoms with Gasteiger partial charge in [0.2, 0.25) is 5.95 Å². The summed E-state index contributed by atoms with van der Waals surface area (Å²) in [6, 6.07) is 5.69. The molecule has 0 atom stereocenters. The highest BCUT2D eigenvalue weighted by Crippen LogP contribution is 2.32. The zero-order valence-electron chi connectivity index (χ0n) is 16.5. The number of hydrogen-bond donors (Lipinski definition) is 1. The predicted molar refractivity (Wildman–Crippen MR) is 107 cm³/mol. The average molecular weight is 379 g/mol. The second-order valence-corrected chi connectivity index (χ2v) is 7.57. The molecule has 0 spiro atoms. The van der Waals surface area contributed by atoms with Crippen molar-refractivity contribution < 1.29 is 9.21 Å². The number of hydrogen-bond acceptors (Lipinski definition) is 5. The van der Waals surface area contributed by atoms with Crippen LogP contribution in [0.2, 0.25) is 0 Å². The standard InChI is InChI=1S/C21H25N5O2/c1-14-4-7-18(28-14)11-22-20(27)19-8-16(13-26(19)12-15-5-6-15)17-9-23-21(24-10-17)25(2)3/h4,7-10,13,15H,5-6,11-12H2,1-3H3,(H,22,27). The highest BCUT2D eigenvalue weighted by atomic mass is 16.3. The first kappa shape index (κ1) is 18.3. The Bertz CT molecular complexity index is 967. The third kappa shape index (κ3) is 4.08. The number of carbonyl (C=O) groups is 1. The average Bonchev–Trinajstić information content (AvgIpc) is 3.24. The van der Waals surface area contributed by atoms with Crippen molar-refractivity contribution in [3.05, 3.63) is 54.0 Å². The Kier molecular flexibility index (Phi) is 4.90. The van der Waals surface area contributed by atoms with E-state index >= 15 is 0 Å². The number of furan rings is 1. The van der Waals surface area contributed by atoms with Crippen LogP contribution in [0, 0.1) is 12.8 Å². The van der Waals surface area contributed by atoms with E-state index in [0.29, 0.717) is 24.1 Å². The summed E-state index contributed by atoms with van der Waals surface area (Å²) in [5.74, 6) is 2.80. The van der Waals surface area contributed by atoms with Crippen LogP contribution in [-0.2, 0) is 13.1 Å². The summed E-state index contributed by atoms with van der Waals surface area (Å²) in [6.45, 7) is 3.12. The van der Waals surface area contributed by atoms with Gasteiger partial charge in [0.15, 0.2) is 0 Å². The molecular formula is C21H25N5O2. The van der Waals surface area contributed by atoms with Gasteiger partial charge >= 0.3 is 0 Å². The van der Waals surface area contributed by atoms with Gasteiger partial charge in [0, 0.05) is 50.4 Å². The SMILES string of the molecule is Cc1ccc(CNC(=O)c2cc(-c3cnc(N(C)C)nc3)cn2CC2CC2)o1. The molecular weight excluding hydrogens is 354 g/mol. The monoisotopic (exact) mass is 379 g/mol. The largest absolute Gasteiger partial charge is 0.465 e. The fourth-order valence-electron chi connectivity index (χ4n) is 3.13. The lowest BCUT2D eigenvalue weighted by Crippen LogP contribution is -2.25. The van der Waals surface area contributed by atoms with Gasteiger partial charge in [-0.05, 0) is 43.9 Å². The minimum atomic E-state index is -0.105. The van der Waals surface area contributed by atoms with Crippen LogP contribution in [0.1, 0.15) is 34.9 Å². The predicted octanol–water partition coefficient (Wildman–Crippen LogP) is 3.25. The van der Waals surface area contributed by atoms with Crippen molar-refractivity contribution in [2.45, 2.75) is 32.9 Å². The molecule has 1 saturated carbocycles. The van der Waals surface area contributed by atoms with E-state index in [4.69, 9.17) is 4.42 Å². The molecule has 146 valence electrons. The second-order valence-electron chi connectivity index (χ2n) is 7.57. The summed E-state index contributed by atoms with van der Waals surface area (Å²) in [4.78, 5) is 23.4. The van der Waals surface area contributed by atoms with Crippen LogP contribution in [0.4, 0.5) is 5.95 Å². The topological polar surface area (TPSA) is 76.2 Å². The van der Waals surface area contributed by atoms with Gasteiger partial charge in [-0.3, -0.25) is 4.79 Å². The van der Waals surface area contributed by atoms with Gasteiger partial charge in [-0.1, -0.05) is 0 Å². The van der Waals surface area contributed by atoms with Crippen molar-refractivity contribution in [1.29, 1.82) is 0 Å². The Balaban J connectivity index is 1.55. The number of nitrogens with zero attached hydrogens (tertiary/aromatic N) is 4. The van der Waals surface area contributed by atoms with Gasteiger partial charge in [-0.25, -0.2) is 9.97 Å².